The molecule has 3 heteroatoms. The maximum Gasteiger partial charge on any atom is 0.0786 e. The lowest BCUT2D eigenvalue weighted by Gasteiger charge is -2.13. The first-order chi connectivity index (χ1) is 26.2. The van der Waals surface area contributed by atoms with E-state index >= 15 is 0 Å². The van der Waals surface area contributed by atoms with Gasteiger partial charge in [0.1, 0.15) is 0 Å². The molecule has 2 aliphatic carbocycles. The number of allylic oxidation sites excluding steroid dienone is 4. The Balaban J connectivity index is 0.000000147. The molecule has 0 atom stereocenters. The van der Waals surface area contributed by atoms with Gasteiger partial charge in [-0.25, -0.2) is 0 Å². The number of hydrogen-bond acceptors (Lipinski definition) is 1. The zero-order valence-corrected chi connectivity index (χ0v) is 29.4. The van der Waals surface area contributed by atoms with Gasteiger partial charge in [0.25, 0.3) is 0 Å². The van der Waals surface area contributed by atoms with Crippen LogP contribution in [0.3, 0.4) is 0 Å². The van der Waals surface area contributed by atoms with Crippen LogP contribution in [0.2, 0.25) is 0 Å². The van der Waals surface area contributed by atoms with E-state index in [1.165, 1.54) is 98.8 Å². The van der Waals surface area contributed by atoms with Gasteiger partial charge in [-0.05, 0) is 90.7 Å². The van der Waals surface area contributed by atoms with E-state index in [2.05, 4.69) is 174 Å². The van der Waals surface area contributed by atoms with Crippen LogP contribution in [0.15, 0.2) is 170 Å². The zero-order chi connectivity index (χ0) is 35.0. The number of nitrogens with zero attached hydrogens (tertiary/aromatic N) is 3. The van der Waals surface area contributed by atoms with Crippen molar-refractivity contribution in [3.8, 4) is 28.1 Å². The second-order valence-electron chi connectivity index (χ2n) is 14.3. The number of para-hydroxylation sites is 2. The van der Waals surface area contributed by atoms with Gasteiger partial charge in [0.2, 0.25) is 0 Å². The standard InChI is InChI=1S/C32H20N2.C18H15N/c1-19-11-13-29-26(16-19)27-17-20-6-2-3-7-21(20)18-30(27)34(29)28-14-12-22-23-10-5-15-33-32(23)25-9-4-8-24(28)31(22)25;1-2-8-14(9-3-1)19-17-12-6-4-10-15(17)16-11-5-7-13-18(16)19/h2-18H,1H3;2,4-13H,1,3H2. The first kappa shape index (κ1) is 30.0. The molecule has 0 fully saturated rings. The van der Waals surface area contributed by atoms with Crippen LogP contribution in [0.1, 0.15) is 18.4 Å². The Morgan fingerprint density at radius 3 is 1.98 bits per heavy atom. The summed E-state index contributed by atoms with van der Waals surface area (Å²) in [4.78, 5) is 4.73. The van der Waals surface area contributed by atoms with E-state index in [0.29, 0.717) is 0 Å². The summed E-state index contributed by atoms with van der Waals surface area (Å²) in [5.74, 6) is 0. The molecule has 250 valence electrons. The van der Waals surface area contributed by atoms with E-state index in [4.69, 9.17) is 4.98 Å². The lowest BCUT2D eigenvalue weighted by atomic mass is 10.0. The number of aromatic nitrogens is 3. The monoisotopic (exact) mass is 677 g/mol. The second kappa shape index (κ2) is 11.7. The molecule has 10 aromatic rings. The van der Waals surface area contributed by atoms with E-state index in [0.717, 1.165) is 18.5 Å². The van der Waals surface area contributed by atoms with Crippen molar-refractivity contribution in [3.63, 3.8) is 0 Å². The van der Waals surface area contributed by atoms with Gasteiger partial charge < -0.3 is 9.13 Å². The van der Waals surface area contributed by atoms with E-state index in [1.54, 1.807) is 0 Å². The molecule has 0 saturated carbocycles. The Bertz CT molecular complexity index is 3100. The molecule has 0 amide bonds. The zero-order valence-electron chi connectivity index (χ0n) is 29.4. The lowest BCUT2D eigenvalue weighted by molar-refractivity contribution is 1.02. The van der Waals surface area contributed by atoms with E-state index in [9.17, 15) is 0 Å². The van der Waals surface area contributed by atoms with Crippen LogP contribution in [-0.4, -0.2) is 14.1 Å². The summed E-state index contributed by atoms with van der Waals surface area (Å²) in [5.41, 5.74) is 13.7. The maximum atomic E-state index is 4.73. The number of rotatable bonds is 2. The Labute approximate surface area is 307 Å². The molecule has 53 heavy (non-hydrogen) atoms. The van der Waals surface area contributed by atoms with Gasteiger partial charge in [0.05, 0.1) is 33.4 Å². The van der Waals surface area contributed by atoms with Crippen LogP contribution in [-0.2, 0) is 0 Å². The van der Waals surface area contributed by atoms with Crippen LogP contribution in [0.25, 0.3) is 98.9 Å². The fourth-order valence-electron chi connectivity index (χ4n) is 8.89. The van der Waals surface area contributed by atoms with Gasteiger partial charge in [0.15, 0.2) is 0 Å². The molecule has 0 spiro atoms. The second-order valence-corrected chi connectivity index (χ2v) is 14.3. The molecule has 0 N–H and O–H groups in total. The summed E-state index contributed by atoms with van der Waals surface area (Å²) in [6.07, 6.45) is 11.0. The minimum Gasteiger partial charge on any atom is -0.310 e. The van der Waals surface area contributed by atoms with Gasteiger partial charge >= 0.3 is 0 Å². The van der Waals surface area contributed by atoms with E-state index in [-0.39, 0.29) is 0 Å². The van der Waals surface area contributed by atoms with E-state index < -0.39 is 0 Å². The maximum absolute atomic E-state index is 4.73. The van der Waals surface area contributed by atoms with Crippen molar-refractivity contribution < 1.29 is 0 Å². The molecule has 0 aliphatic heterocycles. The topological polar surface area (TPSA) is 22.8 Å². The molecule has 2 aliphatic rings. The van der Waals surface area contributed by atoms with Crippen molar-refractivity contribution in [1.82, 2.24) is 14.1 Å². The van der Waals surface area contributed by atoms with Crippen molar-refractivity contribution >= 4 is 70.9 Å². The molecule has 0 unspecified atom stereocenters. The van der Waals surface area contributed by atoms with Crippen LogP contribution in [0.4, 0.5) is 0 Å². The minimum absolute atomic E-state index is 1.09. The summed E-state index contributed by atoms with van der Waals surface area (Å²) in [5, 5.41) is 10.4. The molecular weight excluding hydrogens is 643 g/mol. The van der Waals surface area contributed by atoms with Crippen LogP contribution in [0, 0.1) is 6.92 Å². The first-order valence-corrected chi connectivity index (χ1v) is 18.5. The summed E-state index contributed by atoms with van der Waals surface area (Å²) < 4.78 is 4.83. The van der Waals surface area contributed by atoms with Gasteiger partial charge in [-0.1, -0.05) is 115 Å². The Morgan fingerprint density at radius 1 is 0.491 bits per heavy atom. The molecule has 0 radical (unpaired) electrons. The van der Waals surface area contributed by atoms with Gasteiger partial charge in [-0.3, -0.25) is 4.98 Å². The van der Waals surface area contributed by atoms with Crippen molar-refractivity contribution in [2.45, 2.75) is 19.8 Å². The highest BCUT2D eigenvalue weighted by atomic mass is 15.0. The lowest BCUT2D eigenvalue weighted by Crippen LogP contribution is -1.96. The predicted octanol–water partition coefficient (Wildman–Crippen LogP) is 13.4. The molecule has 3 nitrogen and oxygen atoms in total. The third-order valence-corrected chi connectivity index (χ3v) is 11.2. The number of aryl methyl sites for hydroxylation is 1. The number of fused-ring (bicyclic) bond motifs is 10. The quantitative estimate of drug-likeness (QED) is 0.179. The summed E-state index contributed by atoms with van der Waals surface area (Å²) in [6.45, 7) is 2.17. The third kappa shape index (κ3) is 4.50. The van der Waals surface area contributed by atoms with Crippen LogP contribution >= 0.6 is 0 Å². The van der Waals surface area contributed by atoms with Crippen LogP contribution < -0.4 is 0 Å². The van der Waals surface area contributed by atoms with Crippen molar-refractivity contribution in [2.75, 3.05) is 0 Å². The van der Waals surface area contributed by atoms with Crippen LogP contribution in [0.5, 0.6) is 0 Å². The molecule has 0 saturated heterocycles. The predicted molar refractivity (Wildman–Crippen MR) is 225 cm³/mol. The highest BCUT2D eigenvalue weighted by Gasteiger charge is 2.24. The molecule has 0 bridgehead atoms. The Hall–Kier alpha value is -6.71. The van der Waals surface area contributed by atoms with Gasteiger partial charge in [0, 0.05) is 55.3 Å². The highest BCUT2D eigenvalue weighted by Crippen LogP contribution is 2.48. The summed E-state index contributed by atoms with van der Waals surface area (Å²) in [7, 11) is 0. The summed E-state index contributed by atoms with van der Waals surface area (Å²) >= 11 is 0. The minimum atomic E-state index is 1.09. The molecule has 3 aromatic heterocycles. The SMILES string of the molecule is C1=CC(n2c3ccccc3c3ccccc32)=CCC1.Cc1ccc2c(c1)c1cc3ccccc3cc1n2-c1ccc2c3c(cccc13)-c1ncccc1-2. The average molecular weight is 678 g/mol. The Kier molecular flexibility index (Phi) is 6.59. The molecule has 3 heterocycles. The van der Waals surface area contributed by atoms with Crippen molar-refractivity contribution in [1.29, 1.82) is 0 Å². The number of hydrogen-bond donors (Lipinski definition) is 0. The molecular formula is C50H35N3. The molecule has 12 rings (SSSR count). The molecule has 7 aromatic carbocycles. The number of benzene rings is 7. The smallest absolute Gasteiger partial charge is 0.0786 e. The van der Waals surface area contributed by atoms with Gasteiger partial charge in [-0.2, -0.15) is 0 Å². The summed E-state index contributed by atoms with van der Waals surface area (Å²) in [6, 6.07) is 52.9. The Morgan fingerprint density at radius 2 is 1.19 bits per heavy atom. The van der Waals surface area contributed by atoms with E-state index in [1.807, 2.05) is 12.3 Å². The fraction of sp³-hybridized carbons (Fsp3) is 0.0600. The largest absolute Gasteiger partial charge is 0.310 e. The first-order valence-electron chi connectivity index (χ1n) is 18.5. The fourth-order valence-corrected chi connectivity index (χ4v) is 8.89. The highest BCUT2D eigenvalue weighted by molar-refractivity contribution is 6.19. The third-order valence-electron chi connectivity index (χ3n) is 11.2. The van der Waals surface area contributed by atoms with Crippen molar-refractivity contribution in [2.24, 2.45) is 0 Å². The van der Waals surface area contributed by atoms with Gasteiger partial charge in [-0.15, -0.1) is 0 Å². The number of pyridine rings is 1. The van der Waals surface area contributed by atoms with Crippen molar-refractivity contribution in [3.05, 3.63) is 176 Å². The average Bonchev–Trinajstić information content (AvgIpc) is 3.84. The normalized spacial score (nSPS) is 13.3.